The topological polar surface area (TPSA) is 81.6 Å². The van der Waals surface area contributed by atoms with Crippen LogP contribution in [0.1, 0.15) is 35.4 Å². The van der Waals surface area contributed by atoms with Crippen LogP contribution >= 0.6 is 0 Å². The van der Waals surface area contributed by atoms with Crippen LogP contribution in [0.25, 0.3) is 11.5 Å². The number of aryl methyl sites for hydroxylation is 1. The highest BCUT2D eigenvalue weighted by atomic mass is 16.5. The van der Waals surface area contributed by atoms with E-state index < -0.39 is 0 Å². The highest BCUT2D eigenvalue weighted by Gasteiger charge is 2.30. The summed E-state index contributed by atoms with van der Waals surface area (Å²) in [5.41, 5.74) is 9.48. The van der Waals surface area contributed by atoms with Crippen molar-refractivity contribution in [2.24, 2.45) is 5.73 Å². The first kappa shape index (κ1) is 17.5. The molecule has 1 aliphatic heterocycles. The van der Waals surface area contributed by atoms with Crippen LogP contribution in [-0.2, 0) is 11.3 Å². The van der Waals surface area contributed by atoms with Gasteiger partial charge in [-0.05, 0) is 63.4 Å². The summed E-state index contributed by atoms with van der Waals surface area (Å²) < 4.78 is 11.3. The van der Waals surface area contributed by atoms with Gasteiger partial charge in [-0.2, -0.15) is 0 Å². The summed E-state index contributed by atoms with van der Waals surface area (Å²) in [7, 11) is 1.67. The number of hydrogen-bond donors (Lipinski definition) is 1. The van der Waals surface area contributed by atoms with Crippen molar-refractivity contribution < 1.29 is 13.9 Å². The summed E-state index contributed by atoms with van der Waals surface area (Å²) in [5, 5.41) is 0. The summed E-state index contributed by atoms with van der Waals surface area (Å²) in [6.07, 6.45) is 1.80. The second-order valence-electron chi connectivity index (χ2n) is 6.62. The van der Waals surface area contributed by atoms with E-state index in [9.17, 15) is 4.79 Å². The molecular weight excluding hydrogens is 318 g/mol. The number of methoxy groups -OCH3 is 1. The van der Waals surface area contributed by atoms with E-state index in [2.05, 4.69) is 4.90 Å². The lowest BCUT2D eigenvalue weighted by Crippen LogP contribution is -2.39. The van der Waals surface area contributed by atoms with E-state index in [0.717, 1.165) is 53.3 Å². The largest absolute Gasteiger partial charge is 0.496 e. The number of nitrogens with zero attached hydrogens (tertiary/aromatic N) is 2. The molecule has 0 bridgehead atoms. The van der Waals surface area contributed by atoms with E-state index in [0.29, 0.717) is 12.4 Å². The molecular formula is C19H25N3O3. The van der Waals surface area contributed by atoms with Crippen LogP contribution in [0, 0.1) is 20.8 Å². The summed E-state index contributed by atoms with van der Waals surface area (Å²) in [5.74, 6) is 1.97. The summed E-state index contributed by atoms with van der Waals surface area (Å²) in [6.45, 7) is 7.41. The SMILES string of the molecule is COc1ccc(-c2nc(CN3CCC[C@H]3C(N)=O)c(C)o2)c(C)c1C. The number of hydrogen-bond acceptors (Lipinski definition) is 5. The van der Waals surface area contributed by atoms with Gasteiger partial charge in [-0.1, -0.05) is 0 Å². The zero-order valence-electron chi connectivity index (χ0n) is 15.3. The Labute approximate surface area is 148 Å². The first-order chi connectivity index (χ1) is 11.9. The van der Waals surface area contributed by atoms with Crippen molar-refractivity contribution in [3.63, 3.8) is 0 Å². The molecule has 0 unspecified atom stereocenters. The Hall–Kier alpha value is -2.34. The van der Waals surface area contributed by atoms with Crippen LogP contribution in [0.5, 0.6) is 5.75 Å². The molecule has 1 aliphatic rings. The molecule has 6 heteroatoms. The van der Waals surface area contributed by atoms with Crippen LogP contribution < -0.4 is 10.5 Å². The minimum Gasteiger partial charge on any atom is -0.496 e. The molecule has 3 rings (SSSR count). The summed E-state index contributed by atoms with van der Waals surface area (Å²) >= 11 is 0. The Bertz CT molecular complexity index is 797. The Balaban J connectivity index is 1.88. The number of ether oxygens (including phenoxy) is 1. The van der Waals surface area contributed by atoms with E-state index in [4.69, 9.17) is 19.9 Å². The standard InChI is InChI=1S/C19H25N3O3/c1-11-12(2)17(24-4)8-7-14(11)19-21-15(13(3)25-19)10-22-9-5-6-16(22)18(20)23/h7-8,16H,5-6,9-10H2,1-4H3,(H2,20,23)/t16-/m0/s1. The van der Waals surface area contributed by atoms with Crippen molar-refractivity contribution in [2.45, 2.75) is 46.2 Å². The number of likely N-dealkylation sites (tertiary alicyclic amines) is 1. The van der Waals surface area contributed by atoms with Crippen LogP contribution in [0.15, 0.2) is 16.5 Å². The molecule has 6 nitrogen and oxygen atoms in total. The molecule has 0 aliphatic carbocycles. The Morgan fingerprint density at radius 2 is 2.12 bits per heavy atom. The molecule has 25 heavy (non-hydrogen) atoms. The molecule has 1 aromatic carbocycles. The molecule has 1 fully saturated rings. The Morgan fingerprint density at radius 1 is 1.36 bits per heavy atom. The van der Waals surface area contributed by atoms with Gasteiger partial charge in [-0.25, -0.2) is 4.98 Å². The molecule has 2 N–H and O–H groups in total. The second-order valence-corrected chi connectivity index (χ2v) is 6.62. The lowest BCUT2D eigenvalue weighted by molar-refractivity contribution is -0.122. The van der Waals surface area contributed by atoms with Crippen molar-refractivity contribution >= 4 is 5.91 Å². The number of carbonyl (C=O) groups is 1. The molecule has 1 atom stereocenters. The monoisotopic (exact) mass is 343 g/mol. The van der Waals surface area contributed by atoms with E-state index in [-0.39, 0.29) is 11.9 Å². The molecule has 1 aromatic heterocycles. The van der Waals surface area contributed by atoms with Crippen LogP contribution in [-0.4, -0.2) is 35.5 Å². The predicted octanol–water partition coefficient (Wildman–Crippen LogP) is 2.73. The minimum atomic E-state index is -0.263. The van der Waals surface area contributed by atoms with Crippen molar-refractivity contribution in [3.05, 3.63) is 34.7 Å². The maximum Gasteiger partial charge on any atom is 0.234 e. The van der Waals surface area contributed by atoms with E-state index >= 15 is 0 Å². The number of rotatable bonds is 5. The van der Waals surface area contributed by atoms with Crippen molar-refractivity contribution in [2.75, 3.05) is 13.7 Å². The number of carbonyl (C=O) groups excluding carboxylic acids is 1. The maximum atomic E-state index is 11.6. The van der Waals surface area contributed by atoms with Gasteiger partial charge in [0, 0.05) is 12.1 Å². The molecule has 2 aromatic rings. The molecule has 1 saturated heterocycles. The first-order valence-corrected chi connectivity index (χ1v) is 8.56. The smallest absolute Gasteiger partial charge is 0.234 e. The number of aromatic nitrogens is 1. The van der Waals surface area contributed by atoms with Crippen molar-refractivity contribution in [1.29, 1.82) is 0 Å². The fourth-order valence-electron chi connectivity index (χ4n) is 3.47. The number of benzene rings is 1. The molecule has 2 heterocycles. The molecule has 0 radical (unpaired) electrons. The van der Waals surface area contributed by atoms with Crippen LogP contribution in [0.2, 0.25) is 0 Å². The predicted molar refractivity (Wildman–Crippen MR) is 95.3 cm³/mol. The Morgan fingerprint density at radius 3 is 2.80 bits per heavy atom. The third-order valence-electron chi connectivity index (χ3n) is 5.13. The highest BCUT2D eigenvalue weighted by Crippen LogP contribution is 2.32. The molecule has 134 valence electrons. The molecule has 1 amide bonds. The van der Waals surface area contributed by atoms with Crippen molar-refractivity contribution in [3.8, 4) is 17.2 Å². The van der Waals surface area contributed by atoms with Crippen molar-refractivity contribution in [1.82, 2.24) is 9.88 Å². The quantitative estimate of drug-likeness (QED) is 0.903. The van der Waals surface area contributed by atoms with Gasteiger partial charge in [0.2, 0.25) is 11.8 Å². The van der Waals surface area contributed by atoms with Gasteiger partial charge >= 0.3 is 0 Å². The lowest BCUT2D eigenvalue weighted by atomic mass is 10.0. The van der Waals surface area contributed by atoms with Gasteiger partial charge in [0.1, 0.15) is 11.5 Å². The molecule has 0 saturated carbocycles. The lowest BCUT2D eigenvalue weighted by Gasteiger charge is -2.20. The Kier molecular flexibility index (Phi) is 4.81. The zero-order chi connectivity index (χ0) is 18.1. The second kappa shape index (κ2) is 6.88. The maximum absolute atomic E-state index is 11.6. The average molecular weight is 343 g/mol. The van der Waals surface area contributed by atoms with E-state index in [1.807, 2.05) is 32.9 Å². The first-order valence-electron chi connectivity index (χ1n) is 8.56. The van der Waals surface area contributed by atoms with Crippen LogP contribution in [0.3, 0.4) is 0 Å². The number of oxazole rings is 1. The van der Waals surface area contributed by atoms with Crippen LogP contribution in [0.4, 0.5) is 0 Å². The van der Waals surface area contributed by atoms with Gasteiger partial charge in [-0.3, -0.25) is 9.69 Å². The summed E-state index contributed by atoms with van der Waals surface area (Å²) in [6, 6.07) is 3.70. The van der Waals surface area contributed by atoms with E-state index in [1.165, 1.54) is 0 Å². The average Bonchev–Trinajstić information content (AvgIpc) is 3.18. The van der Waals surface area contributed by atoms with Gasteiger partial charge in [-0.15, -0.1) is 0 Å². The molecule has 0 spiro atoms. The van der Waals surface area contributed by atoms with Gasteiger partial charge < -0.3 is 14.9 Å². The van der Waals surface area contributed by atoms with E-state index in [1.54, 1.807) is 7.11 Å². The fraction of sp³-hybridized carbons (Fsp3) is 0.474. The third kappa shape index (κ3) is 3.26. The minimum absolute atomic E-state index is 0.204. The highest BCUT2D eigenvalue weighted by molar-refractivity contribution is 5.80. The third-order valence-corrected chi connectivity index (χ3v) is 5.13. The zero-order valence-corrected chi connectivity index (χ0v) is 15.3. The summed E-state index contributed by atoms with van der Waals surface area (Å²) in [4.78, 5) is 18.4. The fourth-order valence-corrected chi connectivity index (χ4v) is 3.47. The number of amides is 1. The van der Waals surface area contributed by atoms with Gasteiger partial charge in [0.05, 0.1) is 18.8 Å². The normalized spacial score (nSPS) is 17.8. The number of primary amides is 1. The van der Waals surface area contributed by atoms with Gasteiger partial charge in [0.15, 0.2) is 0 Å². The van der Waals surface area contributed by atoms with Gasteiger partial charge in [0.25, 0.3) is 0 Å². The number of nitrogens with two attached hydrogens (primary N) is 1.